The van der Waals surface area contributed by atoms with E-state index in [2.05, 4.69) is 14.5 Å². The molecule has 112 valence electrons. The summed E-state index contributed by atoms with van der Waals surface area (Å²) in [6.45, 7) is 4.82. The Labute approximate surface area is 125 Å². The van der Waals surface area contributed by atoms with Crippen LogP contribution in [0.25, 0.3) is 0 Å². The van der Waals surface area contributed by atoms with Gasteiger partial charge in [0.05, 0.1) is 6.04 Å². The lowest BCUT2D eigenvalue weighted by atomic mass is 10.1. The Morgan fingerprint density at radius 1 is 1.43 bits per heavy atom. The van der Waals surface area contributed by atoms with Gasteiger partial charge in [-0.1, -0.05) is 6.07 Å². The lowest BCUT2D eigenvalue weighted by molar-refractivity contribution is -0.131. The van der Waals surface area contributed by atoms with E-state index in [1.54, 1.807) is 17.3 Å². The van der Waals surface area contributed by atoms with Crippen LogP contribution < -0.4 is 0 Å². The lowest BCUT2D eigenvalue weighted by Gasteiger charge is -2.25. The van der Waals surface area contributed by atoms with Crippen molar-refractivity contribution >= 4 is 5.91 Å². The van der Waals surface area contributed by atoms with E-state index in [4.69, 9.17) is 0 Å². The van der Waals surface area contributed by atoms with Crippen LogP contribution in [0, 0.1) is 6.92 Å². The molecule has 0 saturated carbocycles. The van der Waals surface area contributed by atoms with Gasteiger partial charge in [-0.3, -0.25) is 9.78 Å². The molecule has 0 unspecified atom stereocenters. The third-order valence-electron chi connectivity index (χ3n) is 3.85. The van der Waals surface area contributed by atoms with Gasteiger partial charge < -0.3 is 9.47 Å². The molecular weight excluding hydrogens is 264 g/mol. The third kappa shape index (κ3) is 3.90. The van der Waals surface area contributed by atoms with Crippen LogP contribution in [0.3, 0.4) is 0 Å². The van der Waals surface area contributed by atoms with Gasteiger partial charge in [-0.2, -0.15) is 0 Å². The summed E-state index contributed by atoms with van der Waals surface area (Å²) in [7, 11) is 1.85. The molecule has 0 aromatic carbocycles. The summed E-state index contributed by atoms with van der Waals surface area (Å²) in [4.78, 5) is 22.3. The van der Waals surface area contributed by atoms with E-state index < -0.39 is 0 Å². The Hall–Kier alpha value is -2.17. The fourth-order valence-electron chi connectivity index (χ4n) is 2.28. The summed E-state index contributed by atoms with van der Waals surface area (Å²) in [6, 6.07) is 3.93. The number of imidazole rings is 1. The monoisotopic (exact) mass is 286 g/mol. The number of carbonyl (C=O) groups excluding carboxylic acids is 1. The van der Waals surface area contributed by atoms with E-state index >= 15 is 0 Å². The molecule has 0 spiro atoms. The third-order valence-corrected chi connectivity index (χ3v) is 3.85. The molecule has 0 aliphatic heterocycles. The molecule has 1 atom stereocenters. The van der Waals surface area contributed by atoms with Crippen molar-refractivity contribution in [1.29, 1.82) is 0 Å². The van der Waals surface area contributed by atoms with Crippen molar-refractivity contribution in [2.45, 2.75) is 39.3 Å². The zero-order valence-corrected chi connectivity index (χ0v) is 12.9. The number of carbonyl (C=O) groups is 1. The maximum Gasteiger partial charge on any atom is 0.222 e. The molecule has 0 saturated heterocycles. The minimum atomic E-state index is 0.0428. The molecule has 2 heterocycles. The second-order valence-electron chi connectivity index (χ2n) is 5.24. The summed E-state index contributed by atoms with van der Waals surface area (Å²) in [5.74, 6) is 1.14. The molecule has 0 aliphatic rings. The number of nitrogens with zero attached hydrogens (tertiary/aromatic N) is 4. The van der Waals surface area contributed by atoms with Crippen molar-refractivity contribution in [3.05, 3.63) is 48.3 Å². The Balaban J connectivity index is 1.84. The zero-order chi connectivity index (χ0) is 15.2. The smallest absolute Gasteiger partial charge is 0.222 e. The number of aromatic nitrogens is 3. The predicted octanol–water partition coefficient (Wildman–Crippen LogP) is 2.59. The van der Waals surface area contributed by atoms with E-state index in [-0.39, 0.29) is 11.9 Å². The van der Waals surface area contributed by atoms with Crippen LogP contribution in [0.5, 0.6) is 0 Å². The van der Waals surface area contributed by atoms with E-state index in [1.165, 1.54) is 0 Å². The molecule has 2 rings (SSSR count). The van der Waals surface area contributed by atoms with Crippen LogP contribution in [-0.2, 0) is 11.3 Å². The molecule has 1 amide bonds. The van der Waals surface area contributed by atoms with Crippen molar-refractivity contribution in [3.63, 3.8) is 0 Å². The fourth-order valence-corrected chi connectivity index (χ4v) is 2.28. The van der Waals surface area contributed by atoms with Gasteiger partial charge in [0.2, 0.25) is 5.91 Å². The molecule has 0 fully saturated rings. The number of rotatable bonds is 6. The van der Waals surface area contributed by atoms with Crippen molar-refractivity contribution in [2.75, 3.05) is 7.05 Å². The quantitative estimate of drug-likeness (QED) is 0.820. The molecule has 5 nitrogen and oxygen atoms in total. The molecule has 5 heteroatoms. The lowest BCUT2D eigenvalue weighted by Crippen LogP contribution is -2.29. The SMILES string of the molecule is Cc1nccn1CCCC(=O)N(C)[C@@H](C)c1cccnc1. The largest absolute Gasteiger partial charge is 0.339 e. The molecule has 0 radical (unpaired) electrons. The molecule has 2 aromatic heterocycles. The second kappa shape index (κ2) is 7.02. The highest BCUT2D eigenvalue weighted by Crippen LogP contribution is 2.18. The van der Waals surface area contributed by atoms with Crippen molar-refractivity contribution in [3.8, 4) is 0 Å². The minimum Gasteiger partial charge on any atom is -0.339 e. The highest BCUT2D eigenvalue weighted by molar-refractivity contribution is 5.76. The number of hydrogen-bond acceptors (Lipinski definition) is 3. The van der Waals surface area contributed by atoms with Crippen LogP contribution in [0.15, 0.2) is 36.9 Å². The van der Waals surface area contributed by atoms with E-state index in [0.717, 1.165) is 24.4 Å². The van der Waals surface area contributed by atoms with Crippen LogP contribution in [0.1, 0.15) is 37.2 Å². The minimum absolute atomic E-state index is 0.0428. The Kier molecular flexibility index (Phi) is 5.09. The molecule has 2 aromatic rings. The number of amides is 1. The molecule has 0 N–H and O–H groups in total. The first kappa shape index (κ1) is 15.2. The maximum absolute atomic E-state index is 12.3. The Bertz CT molecular complexity index is 579. The van der Waals surface area contributed by atoms with Crippen LogP contribution >= 0.6 is 0 Å². The first-order valence-electron chi connectivity index (χ1n) is 7.23. The standard InChI is InChI=1S/C16H22N4O/c1-13(15-6-4-8-17-12-15)19(3)16(21)7-5-10-20-11-9-18-14(20)2/h4,6,8-9,11-13H,5,7,10H2,1-3H3/t13-/m0/s1. The molecule has 0 bridgehead atoms. The highest BCUT2D eigenvalue weighted by Gasteiger charge is 2.17. The fraction of sp³-hybridized carbons (Fsp3) is 0.438. The van der Waals surface area contributed by atoms with Gasteiger partial charge in [-0.05, 0) is 31.9 Å². The van der Waals surface area contributed by atoms with E-state index in [1.807, 2.05) is 45.4 Å². The number of hydrogen-bond donors (Lipinski definition) is 0. The topological polar surface area (TPSA) is 51.0 Å². The average Bonchev–Trinajstić information content (AvgIpc) is 2.92. The van der Waals surface area contributed by atoms with Crippen molar-refractivity contribution < 1.29 is 4.79 Å². The van der Waals surface area contributed by atoms with E-state index in [9.17, 15) is 4.79 Å². The van der Waals surface area contributed by atoms with Gasteiger partial charge in [-0.15, -0.1) is 0 Å². The van der Waals surface area contributed by atoms with Gasteiger partial charge in [0.15, 0.2) is 0 Å². The first-order valence-corrected chi connectivity index (χ1v) is 7.23. The number of pyridine rings is 1. The van der Waals surface area contributed by atoms with Gasteiger partial charge in [-0.25, -0.2) is 4.98 Å². The van der Waals surface area contributed by atoms with Gasteiger partial charge in [0.25, 0.3) is 0 Å². The van der Waals surface area contributed by atoms with Gasteiger partial charge in [0, 0.05) is 44.8 Å². The summed E-state index contributed by atoms with van der Waals surface area (Å²) < 4.78 is 2.07. The van der Waals surface area contributed by atoms with Crippen LogP contribution in [0.4, 0.5) is 0 Å². The summed E-state index contributed by atoms with van der Waals surface area (Å²) in [6.07, 6.45) is 8.64. The summed E-state index contributed by atoms with van der Waals surface area (Å²) >= 11 is 0. The summed E-state index contributed by atoms with van der Waals surface area (Å²) in [5, 5.41) is 0. The number of aryl methyl sites for hydroxylation is 2. The van der Waals surface area contributed by atoms with Crippen LogP contribution in [-0.4, -0.2) is 32.4 Å². The molecule has 0 aliphatic carbocycles. The predicted molar refractivity (Wildman–Crippen MR) is 81.6 cm³/mol. The normalized spacial score (nSPS) is 12.1. The van der Waals surface area contributed by atoms with Crippen LogP contribution in [0.2, 0.25) is 0 Å². The van der Waals surface area contributed by atoms with Crippen molar-refractivity contribution in [2.24, 2.45) is 0 Å². The average molecular weight is 286 g/mol. The zero-order valence-electron chi connectivity index (χ0n) is 12.9. The van der Waals surface area contributed by atoms with Gasteiger partial charge >= 0.3 is 0 Å². The van der Waals surface area contributed by atoms with Gasteiger partial charge in [0.1, 0.15) is 5.82 Å². The maximum atomic E-state index is 12.3. The van der Waals surface area contributed by atoms with E-state index in [0.29, 0.717) is 6.42 Å². The molecule has 21 heavy (non-hydrogen) atoms. The Morgan fingerprint density at radius 2 is 2.24 bits per heavy atom. The van der Waals surface area contributed by atoms with Crippen molar-refractivity contribution in [1.82, 2.24) is 19.4 Å². The summed E-state index contributed by atoms with van der Waals surface area (Å²) in [5.41, 5.74) is 1.05. The Morgan fingerprint density at radius 3 is 2.86 bits per heavy atom. The highest BCUT2D eigenvalue weighted by atomic mass is 16.2. The molecular formula is C16H22N4O. The second-order valence-corrected chi connectivity index (χ2v) is 5.24. The first-order chi connectivity index (χ1) is 10.1.